The third-order valence-electron chi connectivity index (χ3n) is 3.53. The minimum atomic E-state index is -3.23. The second-order valence-electron chi connectivity index (χ2n) is 4.70. The van der Waals surface area contributed by atoms with Gasteiger partial charge < -0.3 is 9.47 Å². The molecule has 0 saturated heterocycles. The fourth-order valence-electron chi connectivity index (χ4n) is 2.56. The van der Waals surface area contributed by atoms with Crippen LogP contribution in [0.15, 0.2) is 12.1 Å². The van der Waals surface area contributed by atoms with Gasteiger partial charge >= 0.3 is 0 Å². The van der Waals surface area contributed by atoms with E-state index in [0.29, 0.717) is 29.8 Å². The lowest BCUT2D eigenvalue weighted by Crippen LogP contribution is -2.40. The van der Waals surface area contributed by atoms with E-state index in [1.807, 2.05) is 12.1 Å². The number of rotatable bonds is 4. The van der Waals surface area contributed by atoms with Gasteiger partial charge in [-0.2, -0.15) is 4.31 Å². The van der Waals surface area contributed by atoms with E-state index in [0.717, 1.165) is 11.1 Å². The summed E-state index contributed by atoms with van der Waals surface area (Å²) in [4.78, 5) is 0. The molecule has 0 saturated carbocycles. The van der Waals surface area contributed by atoms with Gasteiger partial charge in [0.25, 0.3) is 0 Å². The van der Waals surface area contributed by atoms with E-state index >= 15 is 0 Å². The summed E-state index contributed by atoms with van der Waals surface area (Å²) >= 11 is 3.42. The van der Waals surface area contributed by atoms with Crippen molar-refractivity contribution >= 4 is 26.0 Å². The van der Waals surface area contributed by atoms with Crippen LogP contribution >= 0.6 is 15.9 Å². The van der Waals surface area contributed by atoms with Crippen LogP contribution in [0.3, 0.4) is 0 Å². The molecule has 1 aromatic carbocycles. The van der Waals surface area contributed by atoms with Crippen LogP contribution in [0.4, 0.5) is 0 Å². The summed E-state index contributed by atoms with van der Waals surface area (Å²) in [7, 11) is -0.0648. The van der Waals surface area contributed by atoms with Crippen molar-refractivity contribution in [1.82, 2.24) is 4.31 Å². The number of nitrogens with zero attached hydrogens (tertiary/aromatic N) is 1. The quantitative estimate of drug-likeness (QED) is 0.767. The molecule has 0 amide bonds. The lowest BCUT2D eigenvalue weighted by atomic mass is 9.94. The van der Waals surface area contributed by atoms with Crippen molar-refractivity contribution in [2.45, 2.75) is 12.5 Å². The number of fused-ring (bicyclic) bond motifs is 1. The Hall–Kier alpha value is -0.790. The summed E-state index contributed by atoms with van der Waals surface area (Å²) in [5, 5.41) is 0.544. The zero-order chi connectivity index (χ0) is 14.9. The molecule has 1 aliphatic heterocycles. The largest absolute Gasteiger partial charge is 0.493 e. The molecule has 0 radical (unpaired) electrons. The fraction of sp³-hybridized carbons (Fsp3) is 0.538. The van der Waals surface area contributed by atoms with E-state index in [2.05, 4.69) is 15.9 Å². The summed E-state index contributed by atoms with van der Waals surface area (Å²) in [5.41, 5.74) is 2.07. The van der Waals surface area contributed by atoms with Crippen LogP contribution in [0.5, 0.6) is 11.5 Å². The van der Waals surface area contributed by atoms with E-state index in [-0.39, 0.29) is 6.04 Å². The van der Waals surface area contributed by atoms with Gasteiger partial charge in [-0.1, -0.05) is 15.9 Å². The molecule has 5 nitrogen and oxygen atoms in total. The van der Waals surface area contributed by atoms with Gasteiger partial charge in [0.2, 0.25) is 10.0 Å². The summed E-state index contributed by atoms with van der Waals surface area (Å²) < 4.78 is 35.9. The van der Waals surface area contributed by atoms with Crippen molar-refractivity contribution < 1.29 is 17.9 Å². The Morgan fingerprint density at radius 2 is 1.90 bits per heavy atom. The maximum atomic E-state index is 11.9. The maximum Gasteiger partial charge on any atom is 0.211 e. The van der Waals surface area contributed by atoms with E-state index in [1.54, 1.807) is 14.2 Å². The Kier molecular flexibility index (Phi) is 4.61. The monoisotopic (exact) mass is 363 g/mol. The topological polar surface area (TPSA) is 55.8 Å². The number of hydrogen-bond donors (Lipinski definition) is 0. The molecule has 0 aliphatic carbocycles. The van der Waals surface area contributed by atoms with Crippen LogP contribution in [-0.2, 0) is 16.4 Å². The van der Waals surface area contributed by atoms with Crippen molar-refractivity contribution in [3.8, 4) is 11.5 Å². The third-order valence-corrected chi connectivity index (χ3v) is 5.43. The molecular formula is C13H18BrNO4S. The molecule has 112 valence electrons. The molecule has 1 atom stereocenters. The van der Waals surface area contributed by atoms with Crippen molar-refractivity contribution in [3.63, 3.8) is 0 Å². The molecule has 0 N–H and O–H groups in total. The van der Waals surface area contributed by atoms with E-state index in [9.17, 15) is 8.42 Å². The average Bonchev–Trinajstić information content (AvgIpc) is 2.43. The molecule has 1 aromatic rings. The fourth-order valence-corrected chi connectivity index (χ4v) is 4.53. The smallest absolute Gasteiger partial charge is 0.211 e. The van der Waals surface area contributed by atoms with Crippen LogP contribution in [-0.4, -0.2) is 45.1 Å². The Bertz CT molecular complexity index is 603. The molecule has 0 fully saturated rings. The van der Waals surface area contributed by atoms with Crippen LogP contribution in [0, 0.1) is 0 Å². The maximum absolute atomic E-state index is 11.9. The average molecular weight is 364 g/mol. The van der Waals surface area contributed by atoms with Crippen LogP contribution in [0.2, 0.25) is 0 Å². The minimum absolute atomic E-state index is 0.214. The van der Waals surface area contributed by atoms with Crippen molar-refractivity contribution in [3.05, 3.63) is 23.3 Å². The number of methoxy groups -OCH3 is 2. The number of hydrogen-bond acceptors (Lipinski definition) is 4. The van der Waals surface area contributed by atoms with Gasteiger partial charge in [-0.3, -0.25) is 0 Å². The zero-order valence-corrected chi connectivity index (χ0v) is 14.1. The van der Waals surface area contributed by atoms with Gasteiger partial charge in [-0.05, 0) is 29.7 Å². The Morgan fingerprint density at radius 3 is 2.40 bits per heavy atom. The Morgan fingerprint density at radius 1 is 1.30 bits per heavy atom. The van der Waals surface area contributed by atoms with E-state index in [1.165, 1.54) is 10.6 Å². The molecular weight excluding hydrogens is 346 g/mol. The molecule has 0 bridgehead atoms. The second kappa shape index (κ2) is 5.91. The van der Waals surface area contributed by atoms with Crippen LogP contribution < -0.4 is 9.47 Å². The van der Waals surface area contributed by atoms with E-state index < -0.39 is 10.0 Å². The van der Waals surface area contributed by atoms with E-state index in [4.69, 9.17) is 9.47 Å². The number of halogens is 1. The summed E-state index contributed by atoms with van der Waals surface area (Å²) in [5.74, 6) is 1.29. The van der Waals surface area contributed by atoms with Gasteiger partial charge in [0.05, 0.1) is 26.5 Å². The zero-order valence-electron chi connectivity index (χ0n) is 11.7. The highest BCUT2D eigenvalue weighted by molar-refractivity contribution is 9.09. The second-order valence-corrected chi connectivity index (χ2v) is 7.28. The minimum Gasteiger partial charge on any atom is -0.493 e. The highest BCUT2D eigenvalue weighted by Crippen LogP contribution is 2.39. The standard InChI is InChI=1S/C13H18BrNO4S/c1-18-12-6-9-4-5-15(20(3,16)17)11(8-14)10(9)7-13(12)19-2/h6-7,11H,4-5,8H2,1-3H3/t11-/m1/s1. The predicted octanol–water partition coefficient (Wildman–Crippen LogP) is 1.96. The number of ether oxygens (including phenoxy) is 2. The first kappa shape index (κ1) is 15.6. The molecule has 0 aromatic heterocycles. The molecule has 0 spiro atoms. The Balaban J connectivity index is 2.53. The molecule has 7 heteroatoms. The van der Waals surface area contributed by atoms with Crippen molar-refractivity contribution in [2.24, 2.45) is 0 Å². The first-order valence-electron chi connectivity index (χ1n) is 6.20. The first-order chi connectivity index (χ1) is 9.42. The van der Waals surface area contributed by atoms with Gasteiger partial charge in [0, 0.05) is 11.9 Å². The lowest BCUT2D eigenvalue weighted by Gasteiger charge is -2.35. The predicted molar refractivity (Wildman–Crippen MR) is 81.3 cm³/mol. The van der Waals surface area contributed by atoms with Gasteiger partial charge in [0.15, 0.2) is 11.5 Å². The molecule has 1 aliphatic rings. The van der Waals surface area contributed by atoms with Gasteiger partial charge in [0.1, 0.15) is 0 Å². The molecule has 2 rings (SSSR count). The van der Waals surface area contributed by atoms with Crippen molar-refractivity contribution in [2.75, 3.05) is 32.4 Å². The normalized spacial score (nSPS) is 19.5. The summed E-state index contributed by atoms with van der Waals surface area (Å²) in [6, 6.07) is 3.59. The van der Waals surface area contributed by atoms with Crippen LogP contribution in [0.25, 0.3) is 0 Å². The lowest BCUT2D eigenvalue weighted by molar-refractivity contribution is 0.325. The number of benzene rings is 1. The van der Waals surface area contributed by atoms with Gasteiger partial charge in [-0.15, -0.1) is 0 Å². The highest BCUT2D eigenvalue weighted by Gasteiger charge is 2.33. The molecule has 0 unspecified atom stereocenters. The van der Waals surface area contributed by atoms with Crippen molar-refractivity contribution in [1.29, 1.82) is 0 Å². The van der Waals surface area contributed by atoms with Gasteiger partial charge in [-0.25, -0.2) is 8.42 Å². The summed E-state index contributed by atoms with van der Waals surface area (Å²) in [6.45, 7) is 0.484. The van der Waals surface area contributed by atoms with Crippen LogP contribution in [0.1, 0.15) is 17.2 Å². The first-order valence-corrected chi connectivity index (χ1v) is 9.17. The molecule has 20 heavy (non-hydrogen) atoms. The Labute approximate surface area is 128 Å². The highest BCUT2D eigenvalue weighted by atomic mass is 79.9. The number of sulfonamides is 1. The third kappa shape index (κ3) is 2.80. The molecule has 1 heterocycles. The summed E-state index contributed by atoms with van der Waals surface area (Å²) in [6.07, 6.45) is 1.92. The number of alkyl halides is 1. The SMILES string of the molecule is COc1cc2c(cc1OC)[C@@H](CBr)N(S(C)(=O)=O)CC2.